The predicted octanol–water partition coefficient (Wildman–Crippen LogP) is -0.513. The van der Waals surface area contributed by atoms with E-state index in [-0.39, 0.29) is 11.1 Å². The molecule has 0 spiro atoms. The van der Waals surface area contributed by atoms with Gasteiger partial charge in [0.15, 0.2) is 17.3 Å². The van der Waals surface area contributed by atoms with Crippen LogP contribution in [0.1, 0.15) is 6.42 Å². The first-order valence-corrected chi connectivity index (χ1v) is 11.2. The molecule has 0 aliphatic carbocycles. The van der Waals surface area contributed by atoms with Crippen molar-refractivity contribution < 1.29 is 69.1 Å². The standard InChI is InChI=1S/C24H22O15/c25-9-4-12(28)17-13(5-9)37-22(8-1-2-10(26)11(27)3-8)23(19(17)33)39-24-21(35)20(34)18(32)14(38-24)7-36-16(31)6-15(29)30/h1-5,14,18,20-21,24-28,32,34-35H,6-7H2,(H,29,30)/t14-,18-,20+,21-,24+/m0/s1. The van der Waals surface area contributed by atoms with Gasteiger partial charge >= 0.3 is 11.9 Å². The van der Waals surface area contributed by atoms with Crippen LogP contribution in [-0.2, 0) is 19.1 Å². The first kappa shape index (κ1) is 27.5. The molecule has 0 bridgehead atoms. The quantitative estimate of drug-likeness (QED) is 0.105. The Morgan fingerprint density at radius 3 is 2.28 bits per heavy atom. The van der Waals surface area contributed by atoms with Gasteiger partial charge in [0.2, 0.25) is 17.5 Å². The minimum absolute atomic E-state index is 0.0489. The largest absolute Gasteiger partial charge is 0.508 e. The predicted molar refractivity (Wildman–Crippen MR) is 125 cm³/mol. The minimum atomic E-state index is -1.99. The van der Waals surface area contributed by atoms with Crippen molar-refractivity contribution in [2.75, 3.05) is 6.61 Å². The highest BCUT2D eigenvalue weighted by Crippen LogP contribution is 2.39. The number of carbonyl (C=O) groups excluding carboxylic acids is 1. The number of aliphatic hydroxyl groups is 3. The SMILES string of the molecule is O=C(O)CC(=O)OC[C@@H]1O[C@H](Oc2c(-c3ccc(O)c(O)c3)oc3cc(O)cc(O)c3c2=O)[C@@H](O)[C@H](O)[C@H]1O. The fourth-order valence-corrected chi connectivity index (χ4v) is 3.85. The fourth-order valence-electron chi connectivity index (χ4n) is 3.85. The molecular formula is C24H22O15. The number of hydrogen-bond acceptors (Lipinski definition) is 14. The lowest BCUT2D eigenvalue weighted by Crippen LogP contribution is -2.60. The number of fused-ring (bicyclic) bond motifs is 1. The summed E-state index contributed by atoms with van der Waals surface area (Å²) >= 11 is 0. The molecule has 8 N–H and O–H groups in total. The van der Waals surface area contributed by atoms with Crippen molar-refractivity contribution in [1.82, 2.24) is 0 Å². The van der Waals surface area contributed by atoms with Gasteiger partial charge < -0.3 is 59.5 Å². The van der Waals surface area contributed by atoms with E-state index in [9.17, 15) is 50.1 Å². The summed E-state index contributed by atoms with van der Waals surface area (Å²) in [5, 5.41) is 79.0. The number of carboxylic acid groups (broad SMARTS) is 1. The molecule has 39 heavy (non-hydrogen) atoms. The van der Waals surface area contributed by atoms with Gasteiger partial charge in [0, 0.05) is 17.7 Å². The highest BCUT2D eigenvalue weighted by Gasteiger charge is 2.46. The number of aliphatic hydroxyl groups excluding tert-OH is 3. The lowest BCUT2D eigenvalue weighted by Gasteiger charge is -2.39. The van der Waals surface area contributed by atoms with E-state index in [2.05, 4.69) is 0 Å². The maximum absolute atomic E-state index is 13.4. The van der Waals surface area contributed by atoms with E-state index in [0.29, 0.717) is 0 Å². The Labute approximate surface area is 216 Å². The van der Waals surface area contributed by atoms with Crippen molar-refractivity contribution in [3.8, 4) is 40.1 Å². The summed E-state index contributed by atoms with van der Waals surface area (Å²) in [6.45, 7) is -0.762. The van der Waals surface area contributed by atoms with E-state index >= 15 is 0 Å². The van der Waals surface area contributed by atoms with Gasteiger partial charge in [-0.1, -0.05) is 0 Å². The summed E-state index contributed by atoms with van der Waals surface area (Å²) in [4.78, 5) is 35.7. The third kappa shape index (κ3) is 5.51. The molecule has 1 aliphatic heterocycles. The third-order valence-corrected chi connectivity index (χ3v) is 5.76. The van der Waals surface area contributed by atoms with Gasteiger partial charge in [0.05, 0.1) is 0 Å². The number of rotatable bonds is 7. The first-order chi connectivity index (χ1) is 18.4. The van der Waals surface area contributed by atoms with Crippen molar-refractivity contribution in [1.29, 1.82) is 0 Å². The van der Waals surface area contributed by atoms with Crippen LogP contribution in [0, 0.1) is 0 Å². The molecular weight excluding hydrogens is 528 g/mol. The zero-order valence-electron chi connectivity index (χ0n) is 19.6. The molecule has 2 aromatic carbocycles. The molecule has 1 fully saturated rings. The molecule has 1 aliphatic rings. The second-order valence-corrected chi connectivity index (χ2v) is 8.52. The van der Waals surface area contributed by atoms with E-state index in [1.54, 1.807) is 0 Å². The summed E-state index contributed by atoms with van der Waals surface area (Å²) in [5.41, 5.74) is -1.40. The first-order valence-electron chi connectivity index (χ1n) is 11.2. The van der Waals surface area contributed by atoms with Crippen LogP contribution in [0.15, 0.2) is 39.5 Å². The third-order valence-electron chi connectivity index (χ3n) is 5.76. The highest BCUT2D eigenvalue weighted by molar-refractivity contribution is 5.90. The summed E-state index contributed by atoms with van der Waals surface area (Å²) in [6, 6.07) is 5.14. The van der Waals surface area contributed by atoms with Crippen LogP contribution >= 0.6 is 0 Å². The van der Waals surface area contributed by atoms with Crippen LogP contribution in [0.5, 0.6) is 28.7 Å². The molecule has 208 valence electrons. The number of aliphatic carboxylic acids is 1. The summed E-state index contributed by atoms with van der Waals surface area (Å²) in [6.07, 6.45) is -10.2. The van der Waals surface area contributed by atoms with E-state index < -0.39 is 101 Å². The fraction of sp³-hybridized carbons (Fsp3) is 0.292. The van der Waals surface area contributed by atoms with Crippen LogP contribution in [0.2, 0.25) is 0 Å². The van der Waals surface area contributed by atoms with Crippen molar-refractivity contribution in [2.45, 2.75) is 37.1 Å². The van der Waals surface area contributed by atoms with Gasteiger partial charge in [-0.2, -0.15) is 0 Å². The van der Waals surface area contributed by atoms with Gasteiger partial charge in [-0.05, 0) is 18.2 Å². The molecule has 2 heterocycles. The zero-order chi connectivity index (χ0) is 28.6. The average Bonchev–Trinajstić information content (AvgIpc) is 2.85. The van der Waals surface area contributed by atoms with Crippen molar-refractivity contribution in [2.24, 2.45) is 0 Å². The number of benzene rings is 2. The smallest absolute Gasteiger partial charge is 0.317 e. The minimum Gasteiger partial charge on any atom is -0.508 e. The molecule has 3 aromatic rings. The Bertz CT molecular complexity index is 1480. The second-order valence-electron chi connectivity index (χ2n) is 8.52. The maximum Gasteiger partial charge on any atom is 0.317 e. The molecule has 1 aromatic heterocycles. The number of aromatic hydroxyl groups is 4. The number of carbonyl (C=O) groups is 2. The Hall–Kier alpha value is -4.57. The topological polar surface area (TPSA) is 254 Å². The monoisotopic (exact) mass is 550 g/mol. The number of carboxylic acids is 1. The van der Waals surface area contributed by atoms with Gasteiger partial charge in [-0.3, -0.25) is 14.4 Å². The summed E-state index contributed by atoms with van der Waals surface area (Å²) in [5.74, 6) is -6.09. The van der Waals surface area contributed by atoms with Crippen molar-refractivity contribution in [3.05, 3.63) is 40.6 Å². The van der Waals surface area contributed by atoms with Crippen LogP contribution in [0.4, 0.5) is 0 Å². The molecule has 4 rings (SSSR count). The number of phenols is 4. The van der Waals surface area contributed by atoms with Gasteiger partial charge in [0.25, 0.3) is 0 Å². The van der Waals surface area contributed by atoms with Gasteiger partial charge in [-0.15, -0.1) is 0 Å². The Kier molecular flexibility index (Phi) is 7.51. The Balaban J connectivity index is 1.76. The average molecular weight is 550 g/mol. The van der Waals surface area contributed by atoms with Crippen LogP contribution in [0.3, 0.4) is 0 Å². The van der Waals surface area contributed by atoms with E-state index in [0.717, 1.165) is 24.3 Å². The second kappa shape index (κ2) is 10.7. The lowest BCUT2D eigenvalue weighted by molar-refractivity contribution is -0.278. The van der Waals surface area contributed by atoms with Crippen molar-refractivity contribution in [3.63, 3.8) is 0 Å². The molecule has 0 saturated carbocycles. The maximum atomic E-state index is 13.4. The molecule has 0 amide bonds. The van der Waals surface area contributed by atoms with E-state index in [1.165, 1.54) is 6.07 Å². The molecule has 15 nitrogen and oxygen atoms in total. The summed E-state index contributed by atoms with van der Waals surface area (Å²) < 4.78 is 21.4. The summed E-state index contributed by atoms with van der Waals surface area (Å²) in [7, 11) is 0. The van der Waals surface area contributed by atoms with Crippen molar-refractivity contribution >= 4 is 22.9 Å². The van der Waals surface area contributed by atoms with Crippen LogP contribution < -0.4 is 10.2 Å². The number of ether oxygens (including phenoxy) is 3. The number of hydrogen-bond donors (Lipinski definition) is 8. The molecule has 15 heteroatoms. The van der Waals surface area contributed by atoms with Gasteiger partial charge in [-0.25, -0.2) is 0 Å². The van der Waals surface area contributed by atoms with E-state index in [1.807, 2.05) is 0 Å². The van der Waals surface area contributed by atoms with Crippen LogP contribution in [-0.4, -0.2) is 90.1 Å². The molecule has 0 radical (unpaired) electrons. The highest BCUT2D eigenvalue weighted by atomic mass is 16.7. The Morgan fingerprint density at radius 2 is 1.62 bits per heavy atom. The van der Waals surface area contributed by atoms with E-state index in [4.69, 9.17) is 23.7 Å². The molecule has 1 saturated heterocycles. The Morgan fingerprint density at radius 1 is 0.897 bits per heavy atom. The van der Waals surface area contributed by atoms with Crippen LogP contribution in [0.25, 0.3) is 22.3 Å². The number of phenolic OH excluding ortho intramolecular Hbond substituents is 4. The number of esters is 1. The lowest BCUT2D eigenvalue weighted by atomic mass is 9.99. The normalized spacial score (nSPS) is 22.9. The van der Waals surface area contributed by atoms with Gasteiger partial charge in [0.1, 0.15) is 59.9 Å². The zero-order valence-corrected chi connectivity index (χ0v) is 19.6. The molecule has 0 unspecified atom stereocenters. The molecule has 5 atom stereocenters.